The molecule has 1 aromatic rings. The smallest absolute Gasteiger partial charge is 0.104 e. The third-order valence-electron chi connectivity index (χ3n) is 1.21. The van der Waals surface area contributed by atoms with Crippen LogP contribution in [-0.2, 0) is 13.5 Å². The van der Waals surface area contributed by atoms with Crippen LogP contribution in [0.3, 0.4) is 0 Å². The van der Waals surface area contributed by atoms with Crippen LogP contribution in [0, 0.1) is 0 Å². The lowest BCUT2D eigenvalue weighted by atomic mass is 10.4. The van der Waals surface area contributed by atoms with Gasteiger partial charge in [0.1, 0.15) is 1.37 Å². The van der Waals surface area contributed by atoms with Crippen molar-refractivity contribution in [1.82, 2.24) is 9.55 Å². The molecule has 0 spiro atoms. The molecule has 0 aliphatic rings. The number of hydrogen-bond acceptors (Lipinski definition) is 1. The summed E-state index contributed by atoms with van der Waals surface area (Å²) in [6, 6.07) is 0. The minimum atomic E-state index is 0.340. The molecule has 0 radical (unpaired) electrons. The minimum Gasteiger partial charge on any atom is -0.338 e. The average molecular weight is 111 g/mol. The maximum atomic E-state index is 7.20. The zero-order chi connectivity index (χ0) is 6.85. The van der Waals surface area contributed by atoms with Crippen molar-refractivity contribution in [2.24, 2.45) is 7.05 Å². The van der Waals surface area contributed by atoms with Crippen LogP contribution in [0.15, 0.2) is 12.5 Å². The highest BCUT2D eigenvalue weighted by Crippen LogP contribution is 1.94. The van der Waals surface area contributed by atoms with Crippen LogP contribution in [0.25, 0.3) is 0 Å². The average Bonchev–Trinajstić information content (AvgIpc) is 2.15. The molecule has 0 saturated carbocycles. The lowest BCUT2D eigenvalue weighted by Gasteiger charge is -1.93. The third kappa shape index (κ3) is 0.735. The summed E-state index contributed by atoms with van der Waals surface area (Å²) in [4.78, 5) is 3.82. The molecule has 1 aromatic heterocycles. The van der Waals surface area contributed by atoms with Crippen molar-refractivity contribution < 1.29 is 1.37 Å². The van der Waals surface area contributed by atoms with Gasteiger partial charge in [-0.25, -0.2) is 4.98 Å². The Labute approximate surface area is 50.6 Å². The van der Waals surface area contributed by atoms with Gasteiger partial charge >= 0.3 is 0 Å². The van der Waals surface area contributed by atoms with Crippen molar-refractivity contribution >= 4 is 0 Å². The molecular formula is C6H10N2. The van der Waals surface area contributed by atoms with Crippen LogP contribution >= 0.6 is 0 Å². The van der Waals surface area contributed by atoms with E-state index in [0.29, 0.717) is 6.30 Å². The number of imidazole rings is 1. The van der Waals surface area contributed by atoms with Crippen LogP contribution in [0.1, 0.15) is 14.0 Å². The molecule has 44 valence electrons. The highest BCUT2D eigenvalue weighted by Gasteiger charge is 1.89. The van der Waals surface area contributed by atoms with Gasteiger partial charge in [0, 0.05) is 18.9 Å². The number of nitrogens with zero attached hydrogens (tertiary/aromatic N) is 2. The second-order valence-corrected chi connectivity index (χ2v) is 1.76. The lowest BCUT2D eigenvalue weighted by Crippen LogP contribution is -1.90. The molecule has 0 aliphatic carbocycles. The first-order valence-electron chi connectivity index (χ1n) is 3.23. The SMILES string of the molecule is [2H]c1ncc(CC)n1C. The molecular weight excluding hydrogens is 100 g/mol. The zero-order valence-corrected chi connectivity index (χ0v) is 5.18. The van der Waals surface area contributed by atoms with Crippen molar-refractivity contribution in [1.29, 1.82) is 0 Å². The molecule has 1 rings (SSSR count). The maximum absolute atomic E-state index is 7.20. The summed E-state index contributed by atoms with van der Waals surface area (Å²) < 4.78 is 8.97. The summed E-state index contributed by atoms with van der Waals surface area (Å²) in [7, 11) is 1.86. The van der Waals surface area contributed by atoms with E-state index >= 15 is 0 Å². The topological polar surface area (TPSA) is 17.8 Å². The van der Waals surface area contributed by atoms with Gasteiger partial charge in [-0.1, -0.05) is 6.92 Å². The summed E-state index contributed by atoms with van der Waals surface area (Å²) in [6.07, 6.45) is 3.02. The van der Waals surface area contributed by atoms with Gasteiger partial charge in [0.2, 0.25) is 0 Å². The van der Waals surface area contributed by atoms with Crippen molar-refractivity contribution in [3.8, 4) is 0 Å². The predicted octanol–water partition coefficient (Wildman–Crippen LogP) is 0.982. The molecule has 2 heteroatoms. The van der Waals surface area contributed by atoms with Crippen molar-refractivity contribution in [2.45, 2.75) is 13.3 Å². The summed E-state index contributed by atoms with van der Waals surface area (Å²) in [5.74, 6) is 0. The van der Waals surface area contributed by atoms with Crippen LogP contribution in [-0.4, -0.2) is 9.55 Å². The van der Waals surface area contributed by atoms with Gasteiger partial charge in [0.15, 0.2) is 0 Å². The Kier molecular flexibility index (Phi) is 1.02. The van der Waals surface area contributed by atoms with E-state index < -0.39 is 0 Å². The maximum Gasteiger partial charge on any atom is 0.104 e. The first kappa shape index (κ1) is 4.13. The van der Waals surface area contributed by atoms with Gasteiger partial charge in [-0.3, -0.25) is 0 Å². The number of hydrogen-bond donors (Lipinski definition) is 0. The van der Waals surface area contributed by atoms with E-state index in [-0.39, 0.29) is 0 Å². The Hall–Kier alpha value is -0.790. The van der Waals surface area contributed by atoms with Crippen LogP contribution < -0.4 is 0 Å². The lowest BCUT2D eigenvalue weighted by molar-refractivity contribution is 0.833. The summed E-state index contributed by atoms with van der Waals surface area (Å²) in [5.41, 5.74) is 1.11. The largest absolute Gasteiger partial charge is 0.338 e. The van der Waals surface area contributed by atoms with Gasteiger partial charge in [-0.2, -0.15) is 0 Å². The van der Waals surface area contributed by atoms with Crippen LogP contribution in [0.2, 0.25) is 0 Å². The molecule has 0 aromatic carbocycles. The van der Waals surface area contributed by atoms with Crippen LogP contribution in [0.5, 0.6) is 0 Å². The molecule has 0 saturated heterocycles. The predicted molar refractivity (Wildman–Crippen MR) is 32.6 cm³/mol. The number of aromatic nitrogens is 2. The molecule has 0 amide bonds. The molecule has 0 bridgehead atoms. The fraction of sp³-hybridized carbons (Fsp3) is 0.500. The summed E-state index contributed by atoms with van der Waals surface area (Å²) in [5, 5.41) is 0. The van der Waals surface area contributed by atoms with Gasteiger partial charge in [0.05, 0.1) is 6.30 Å². The molecule has 0 aliphatic heterocycles. The molecule has 0 atom stereocenters. The molecule has 0 N–H and O–H groups in total. The van der Waals surface area contributed by atoms with Gasteiger partial charge < -0.3 is 4.57 Å². The Bertz CT molecular complexity index is 205. The van der Waals surface area contributed by atoms with E-state index in [2.05, 4.69) is 11.9 Å². The highest BCUT2D eigenvalue weighted by atomic mass is 15.0. The number of rotatable bonds is 1. The molecule has 2 nitrogen and oxygen atoms in total. The van der Waals surface area contributed by atoms with E-state index in [0.717, 1.165) is 12.1 Å². The van der Waals surface area contributed by atoms with Crippen molar-refractivity contribution in [3.63, 3.8) is 0 Å². The fourth-order valence-electron chi connectivity index (χ4n) is 0.669. The molecule has 0 unspecified atom stereocenters. The monoisotopic (exact) mass is 111 g/mol. The first-order chi connectivity index (χ1) is 4.25. The fourth-order valence-corrected chi connectivity index (χ4v) is 0.669. The van der Waals surface area contributed by atoms with Crippen LogP contribution in [0.4, 0.5) is 0 Å². The van der Waals surface area contributed by atoms with Gasteiger partial charge in [0.25, 0.3) is 0 Å². The molecule has 1 heterocycles. The minimum absolute atomic E-state index is 0.340. The van der Waals surface area contributed by atoms with Crippen molar-refractivity contribution in [3.05, 3.63) is 18.2 Å². The normalized spacial score (nSPS) is 11.5. The van der Waals surface area contributed by atoms with Crippen molar-refractivity contribution in [2.75, 3.05) is 0 Å². The number of aryl methyl sites for hydroxylation is 1. The second-order valence-electron chi connectivity index (χ2n) is 1.76. The van der Waals surface area contributed by atoms with Gasteiger partial charge in [-0.15, -0.1) is 0 Å². The molecule has 8 heavy (non-hydrogen) atoms. The Morgan fingerprint density at radius 3 is 3.00 bits per heavy atom. The standard InChI is InChI=1S/C6H10N2/c1-3-6-4-7-5-8(6)2/h4-5H,3H2,1-2H3/i5D. The Balaban J connectivity index is 3.04. The zero-order valence-electron chi connectivity index (χ0n) is 6.18. The second kappa shape index (κ2) is 1.99. The van der Waals surface area contributed by atoms with E-state index in [4.69, 9.17) is 1.37 Å². The Morgan fingerprint density at radius 2 is 2.75 bits per heavy atom. The third-order valence-corrected chi connectivity index (χ3v) is 1.21. The Morgan fingerprint density at radius 1 is 2.00 bits per heavy atom. The summed E-state index contributed by atoms with van der Waals surface area (Å²) in [6.45, 7) is 2.05. The van der Waals surface area contributed by atoms with Gasteiger partial charge in [-0.05, 0) is 6.42 Å². The van der Waals surface area contributed by atoms with E-state index in [9.17, 15) is 0 Å². The van der Waals surface area contributed by atoms with E-state index in [1.807, 2.05) is 7.05 Å². The van der Waals surface area contributed by atoms with E-state index in [1.54, 1.807) is 10.8 Å². The summed E-state index contributed by atoms with van der Waals surface area (Å²) >= 11 is 0. The quantitative estimate of drug-likeness (QED) is 0.528. The first-order valence-corrected chi connectivity index (χ1v) is 2.73. The van der Waals surface area contributed by atoms with E-state index in [1.165, 1.54) is 0 Å². The highest BCUT2D eigenvalue weighted by molar-refractivity contribution is 4.95. The molecule has 0 fully saturated rings.